The molecular formula is C14H17ClO2. The SMILES string of the molecule is COc1ccc(C(CC(=O)Cl)C2CC2)cc1C. The molecule has 1 saturated carbocycles. The van der Waals surface area contributed by atoms with E-state index >= 15 is 0 Å². The molecule has 0 saturated heterocycles. The summed E-state index contributed by atoms with van der Waals surface area (Å²) in [6.45, 7) is 2.02. The Hall–Kier alpha value is -1.02. The molecule has 0 aromatic heterocycles. The summed E-state index contributed by atoms with van der Waals surface area (Å²) in [5.41, 5.74) is 2.32. The Bertz CT molecular complexity index is 424. The quantitative estimate of drug-likeness (QED) is 0.748. The molecule has 0 bridgehead atoms. The molecule has 2 nitrogen and oxygen atoms in total. The summed E-state index contributed by atoms with van der Waals surface area (Å²) in [4.78, 5) is 11.1. The normalized spacial score (nSPS) is 16.6. The summed E-state index contributed by atoms with van der Waals surface area (Å²) in [5, 5.41) is -0.240. The highest BCUT2D eigenvalue weighted by molar-refractivity contribution is 6.63. The van der Waals surface area contributed by atoms with Crippen molar-refractivity contribution < 1.29 is 9.53 Å². The summed E-state index contributed by atoms with van der Waals surface area (Å²) in [6, 6.07) is 6.13. The van der Waals surface area contributed by atoms with E-state index in [0.717, 1.165) is 11.3 Å². The van der Waals surface area contributed by atoms with Crippen LogP contribution in [0.15, 0.2) is 18.2 Å². The van der Waals surface area contributed by atoms with Crippen LogP contribution >= 0.6 is 11.6 Å². The molecule has 0 radical (unpaired) electrons. The van der Waals surface area contributed by atoms with Gasteiger partial charge in [-0.3, -0.25) is 4.79 Å². The molecule has 0 spiro atoms. The lowest BCUT2D eigenvalue weighted by atomic mass is 9.90. The second-order valence-corrected chi connectivity index (χ2v) is 5.15. The maximum absolute atomic E-state index is 11.1. The molecular weight excluding hydrogens is 236 g/mol. The molecule has 1 aromatic rings. The zero-order chi connectivity index (χ0) is 12.4. The molecule has 1 unspecified atom stereocenters. The first-order valence-corrected chi connectivity index (χ1v) is 6.32. The summed E-state index contributed by atoms with van der Waals surface area (Å²) in [5.74, 6) is 1.80. The predicted molar refractivity (Wildman–Crippen MR) is 68.7 cm³/mol. The van der Waals surface area contributed by atoms with Gasteiger partial charge in [-0.15, -0.1) is 0 Å². The van der Waals surface area contributed by atoms with Crippen LogP contribution < -0.4 is 4.74 Å². The third-order valence-corrected chi connectivity index (χ3v) is 3.57. The standard InChI is InChI=1S/C14H17ClO2/c1-9-7-11(5-6-13(9)17-2)12(8-14(15)16)10-3-4-10/h5-7,10,12H,3-4,8H2,1-2H3. The second kappa shape index (κ2) is 5.09. The van der Waals surface area contributed by atoms with Crippen LogP contribution in [-0.4, -0.2) is 12.4 Å². The van der Waals surface area contributed by atoms with Crippen LogP contribution in [0.5, 0.6) is 5.75 Å². The highest BCUT2D eigenvalue weighted by Gasteiger charge is 2.33. The molecule has 0 N–H and O–H groups in total. The van der Waals surface area contributed by atoms with Crippen LogP contribution in [0.2, 0.25) is 0 Å². The van der Waals surface area contributed by atoms with Gasteiger partial charge in [-0.25, -0.2) is 0 Å². The van der Waals surface area contributed by atoms with Crippen molar-refractivity contribution in [1.82, 2.24) is 0 Å². The average molecular weight is 253 g/mol. The minimum atomic E-state index is -0.240. The van der Waals surface area contributed by atoms with Crippen LogP contribution in [0.1, 0.15) is 36.3 Å². The van der Waals surface area contributed by atoms with Crippen molar-refractivity contribution in [2.75, 3.05) is 7.11 Å². The number of rotatable bonds is 5. The molecule has 0 heterocycles. The largest absolute Gasteiger partial charge is 0.496 e. The van der Waals surface area contributed by atoms with E-state index in [-0.39, 0.29) is 11.2 Å². The molecule has 3 heteroatoms. The van der Waals surface area contributed by atoms with E-state index in [1.54, 1.807) is 7.11 Å². The van der Waals surface area contributed by atoms with Gasteiger partial charge in [-0.1, -0.05) is 12.1 Å². The van der Waals surface area contributed by atoms with E-state index in [0.29, 0.717) is 12.3 Å². The minimum Gasteiger partial charge on any atom is -0.496 e. The predicted octanol–water partition coefficient (Wildman–Crippen LogP) is 3.65. The molecule has 2 rings (SSSR count). The van der Waals surface area contributed by atoms with Gasteiger partial charge >= 0.3 is 0 Å². The van der Waals surface area contributed by atoms with Gasteiger partial charge in [-0.05, 0) is 60.4 Å². The monoisotopic (exact) mass is 252 g/mol. The van der Waals surface area contributed by atoms with Gasteiger partial charge in [-0.2, -0.15) is 0 Å². The number of carbonyl (C=O) groups is 1. The fourth-order valence-electron chi connectivity index (χ4n) is 2.36. The minimum absolute atomic E-state index is 0.240. The molecule has 1 aromatic carbocycles. The Morgan fingerprint density at radius 3 is 2.71 bits per heavy atom. The Morgan fingerprint density at radius 2 is 2.24 bits per heavy atom. The van der Waals surface area contributed by atoms with Gasteiger partial charge in [0.05, 0.1) is 7.11 Å². The van der Waals surface area contributed by atoms with Crippen molar-refractivity contribution in [3.05, 3.63) is 29.3 Å². The van der Waals surface area contributed by atoms with Gasteiger partial charge in [0.25, 0.3) is 0 Å². The van der Waals surface area contributed by atoms with Crippen LogP contribution in [0, 0.1) is 12.8 Å². The molecule has 1 aliphatic rings. The molecule has 1 fully saturated rings. The van der Waals surface area contributed by atoms with E-state index in [9.17, 15) is 4.79 Å². The van der Waals surface area contributed by atoms with E-state index in [2.05, 4.69) is 12.1 Å². The molecule has 0 amide bonds. The number of benzene rings is 1. The van der Waals surface area contributed by atoms with Crippen molar-refractivity contribution in [3.8, 4) is 5.75 Å². The third kappa shape index (κ3) is 3.01. The number of carbonyl (C=O) groups excluding carboxylic acids is 1. The number of halogens is 1. The summed E-state index contributed by atoms with van der Waals surface area (Å²) in [6.07, 6.45) is 2.86. The number of aryl methyl sites for hydroxylation is 1. The zero-order valence-corrected chi connectivity index (χ0v) is 11.0. The lowest BCUT2D eigenvalue weighted by Gasteiger charge is -2.16. The Balaban J connectivity index is 2.23. The summed E-state index contributed by atoms with van der Waals surface area (Å²) in [7, 11) is 1.67. The zero-order valence-electron chi connectivity index (χ0n) is 10.2. The van der Waals surface area contributed by atoms with E-state index in [1.165, 1.54) is 18.4 Å². The van der Waals surface area contributed by atoms with Crippen LogP contribution in [0.4, 0.5) is 0 Å². The number of hydrogen-bond acceptors (Lipinski definition) is 2. The third-order valence-electron chi connectivity index (χ3n) is 3.42. The van der Waals surface area contributed by atoms with E-state index < -0.39 is 0 Å². The lowest BCUT2D eigenvalue weighted by Crippen LogP contribution is -2.06. The van der Waals surface area contributed by atoms with Gasteiger partial charge in [0.1, 0.15) is 5.75 Å². The number of hydrogen-bond donors (Lipinski definition) is 0. The Labute approximate surface area is 107 Å². The number of methoxy groups -OCH3 is 1. The Kier molecular flexibility index (Phi) is 3.72. The van der Waals surface area contributed by atoms with Crippen molar-refractivity contribution in [2.24, 2.45) is 5.92 Å². The van der Waals surface area contributed by atoms with Gasteiger partial charge in [0.15, 0.2) is 0 Å². The highest BCUT2D eigenvalue weighted by Crippen LogP contribution is 2.45. The van der Waals surface area contributed by atoms with Crippen molar-refractivity contribution >= 4 is 16.8 Å². The van der Waals surface area contributed by atoms with Crippen LogP contribution in [0.25, 0.3) is 0 Å². The maximum Gasteiger partial charge on any atom is 0.222 e. The average Bonchev–Trinajstić information content (AvgIpc) is 3.09. The van der Waals surface area contributed by atoms with Crippen molar-refractivity contribution in [2.45, 2.75) is 32.1 Å². The van der Waals surface area contributed by atoms with Gasteiger partial charge in [0.2, 0.25) is 5.24 Å². The molecule has 17 heavy (non-hydrogen) atoms. The van der Waals surface area contributed by atoms with Crippen LogP contribution in [-0.2, 0) is 4.79 Å². The topological polar surface area (TPSA) is 26.3 Å². The van der Waals surface area contributed by atoms with Gasteiger partial charge < -0.3 is 4.74 Å². The van der Waals surface area contributed by atoms with Crippen molar-refractivity contribution in [1.29, 1.82) is 0 Å². The Morgan fingerprint density at radius 1 is 1.53 bits per heavy atom. The lowest BCUT2D eigenvalue weighted by molar-refractivity contribution is -0.112. The maximum atomic E-state index is 11.1. The number of ether oxygens (including phenoxy) is 1. The summed E-state index contributed by atoms with van der Waals surface area (Å²) >= 11 is 5.53. The molecule has 92 valence electrons. The van der Waals surface area contributed by atoms with Crippen LogP contribution in [0.3, 0.4) is 0 Å². The van der Waals surface area contributed by atoms with Gasteiger partial charge in [0, 0.05) is 6.42 Å². The second-order valence-electron chi connectivity index (χ2n) is 4.73. The molecule has 1 atom stereocenters. The van der Waals surface area contributed by atoms with E-state index in [1.807, 2.05) is 13.0 Å². The fraction of sp³-hybridized carbons (Fsp3) is 0.500. The van der Waals surface area contributed by atoms with Crippen molar-refractivity contribution in [3.63, 3.8) is 0 Å². The highest BCUT2D eigenvalue weighted by atomic mass is 35.5. The smallest absolute Gasteiger partial charge is 0.222 e. The molecule has 1 aliphatic carbocycles. The first-order chi connectivity index (χ1) is 8.11. The fourth-order valence-corrected chi connectivity index (χ4v) is 2.53. The molecule has 0 aliphatic heterocycles. The first-order valence-electron chi connectivity index (χ1n) is 5.94. The first kappa shape index (κ1) is 12.4. The summed E-state index contributed by atoms with van der Waals surface area (Å²) < 4.78 is 5.24. The van der Waals surface area contributed by atoms with E-state index in [4.69, 9.17) is 16.3 Å².